The van der Waals surface area contributed by atoms with Crippen molar-refractivity contribution in [2.24, 2.45) is 17.8 Å². The molecule has 7 nitrogen and oxygen atoms in total. The molecule has 31 heavy (non-hydrogen) atoms. The van der Waals surface area contributed by atoms with Crippen molar-refractivity contribution in [3.8, 4) is 6.07 Å². The van der Waals surface area contributed by atoms with Crippen molar-refractivity contribution in [1.29, 1.82) is 5.26 Å². The predicted octanol–water partition coefficient (Wildman–Crippen LogP) is 3.91. The Labute approximate surface area is 183 Å². The van der Waals surface area contributed by atoms with Crippen LogP contribution in [0.15, 0.2) is 30.5 Å². The molecule has 1 heterocycles. The number of carbonyl (C=O) groups excluding carboxylic acids is 2. The highest BCUT2D eigenvalue weighted by molar-refractivity contribution is 5.88. The van der Waals surface area contributed by atoms with Crippen LogP contribution in [0.2, 0.25) is 0 Å². The average Bonchev–Trinajstić information content (AvgIpc) is 3.14. The summed E-state index contributed by atoms with van der Waals surface area (Å²) in [5.74, 6) is 0.850. The molecule has 1 fully saturated rings. The van der Waals surface area contributed by atoms with Crippen LogP contribution in [0.25, 0.3) is 10.9 Å². The number of para-hydroxylation sites is 1. The van der Waals surface area contributed by atoms with Gasteiger partial charge in [-0.05, 0) is 42.2 Å². The molecule has 3 rings (SSSR count). The van der Waals surface area contributed by atoms with Gasteiger partial charge in [-0.3, -0.25) is 4.79 Å². The number of hydrogen-bond acceptors (Lipinski definition) is 4. The van der Waals surface area contributed by atoms with E-state index in [0.29, 0.717) is 24.2 Å². The van der Waals surface area contributed by atoms with E-state index in [1.54, 1.807) is 0 Å². The molecule has 0 spiro atoms. The number of fused-ring (bicyclic) bond motifs is 1. The lowest BCUT2D eigenvalue weighted by Crippen LogP contribution is -2.49. The second-order valence-electron chi connectivity index (χ2n) is 8.91. The van der Waals surface area contributed by atoms with E-state index in [4.69, 9.17) is 10.00 Å². The highest BCUT2D eigenvalue weighted by Crippen LogP contribution is 2.35. The number of nitrogens with zero attached hydrogens (tertiary/aromatic N) is 1. The van der Waals surface area contributed by atoms with Gasteiger partial charge in [0, 0.05) is 23.5 Å². The largest absolute Gasteiger partial charge is 0.446 e. The third-order valence-corrected chi connectivity index (χ3v) is 6.27. The number of nitriles is 1. The van der Waals surface area contributed by atoms with Crippen molar-refractivity contribution in [3.05, 3.63) is 36.0 Å². The minimum atomic E-state index is -0.835. The smallest absolute Gasteiger partial charge is 0.408 e. The van der Waals surface area contributed by atoms with Crippen molar-refractivity contribution in [2.75, 3.05) is 6.54 Å². The fourth-order valence-corrected chi connectivity index (χ4v) is 4.54. The lowest BCUT2D eigenvalue weighted by Gasteiger charge is -2.36. The number of hydrogen-bond donors (Lipinski definition) is 3. The van der Waals surface area contributed by atoms with Gasteiger partial charge in [0.15, 0.2) is 0 Å². The van der Waals surface area contributed by atoms with Gasteiger partial charge in [-0.2, -0.15) is 5.26 Å². The summed E-state index contributed by atoms with van der Waals surface area (Å²) < 4.78 is 5.82. The quantitative estimate of drug-likeness (QED) is 0.586. The summed E-state index contributed by atoms with van der Waals surface area (Å²) in [6.07, 6.45) is 4.43. The number of nitrogens with one attached hydrogen (secondary N) is 3. The van der Waals surface area contributed by atoms with Gasteiger partial charge in [-0.15, -0.1) is 0 Å². The molecular formula is C24H32N4O3. The van der Waals surface area contributed by atoms with Crippen molar-refractivity contribution >= 4 is 22.9 Å². The van der Waals surface area contributed by atoms with E-state index >= 15 is 0 Å². The highest BCUT2D eigenvalue weighted by Gasteiger charge is 2.34. The molecule has 1 aromatic carbocycles. The van der Waals surface area contributed by atoms with Gasteiger partial charge >= 0.3 is 6.09 Å². The maximum absolute atomic E-state index is 12.8. The van der Waals surface area contributed by atoms with Crippen molar-refractivity contribution < 1.29 is 14.3 Å². The molecule has 0 saturated heterocycles. The van der Waals surface area contributed by atoms with Crippen LogP contribution in [0.1, 0.15) is 45.6 Å². The third kappa shape index (κ3) is 5.78. The van der Waals surface area contributed by atoms with E-state index < -0.39 is 18.0 Å². The van der Waals surface area contributed by atoms with Crippen molar-refractivity contribution in [1.82, 2.24) is 15.6 Å². The normalized spacial score (nSPS) is 22.0. The zero-order valence-electron chi connectivity index (χ0n) is 18.5. The van der Waals surface area contributed by atoms with Gasteiger partial charge < -0.3 is 20.4 Å². The Morgan fingerprint density at radius 2 is 2.06 bits per heavy atom. The lowest BCUT2D eigenvalue weighted by atomic mass is 9.75. The molecule has 2 amide bonds. The van der Waals surface area contributed by atoms with E-state index in [2.05, 4.69) is 36.4 Å². The number of alkyl carbamates (subject to hydrolysis) is 1. The molecule has 4 atom stereocenters. The van der Waals surface area contributed by atoms with Crippen LogP contribution in [-0.2, 0) is 16.0 Å². The number of rotatable bonds is 7. The Morgan fingerprint density at radius 3 is 2.81 bits per heavy atom. The van der Waals surface area contributed by atoms with E-state index in [0.717, 1.165) is 35.7 Å². The number of aromatic nitrogens is 1. The average molecular weight is 425 g/mol. The number of H-pyrrole nitrogens is 1. The molecule has 166 valence electrons. The van der Waals surface area contributed by atoms with Crippen LogP contribution in [-0.4, -0.2) is 35.7 Å². The summed E-state index contributed by atoms with van der Waals surface area (Å²) in [6.45, 7) is 6.38. The standard InChI is InChI=1S/C24H32N4O3/c1-15(2)18-9-8-16(3)12-22(18)31-24(30)28-21(23(29)26-11-10-25)13-17-14-27-20-7-5-4-6-19(17)20/h4-7,14-16,18,21-22,27H,8-9,11-13H2,1-3H3,(H,26,29)(H,28,30). The number of aromatic amines is 1. The number of amides is 2. The second kappa shape index (κ2) is 10.3. The first-order valence-corrected chi connectivity index (χ1v) is 11.1. The summed E-state index contributed by atoms with van der Waals surface area (Å²) in [6, 6.07) is 8.87. The van der Waals surface area contributed by atoms with Crippen molar-refractivity contribution in [3.63, 3.8) is 0 Å². The van der Waals surface area contributed by atoms with Gasteiger partial charge in [-0.25, -0.2) is 4.79 Å². The summed E-state index contributed by atoms with van der Waals surface area (Å²) >= 11 is 0. The number of ether oxygens (including phenoxy) is 1. The molecule has 3 N–H and O–H groups in total. The molecule has 0 radical (unpaired) electrons. The molecule has 2 aromatic rings. The Bertz CT molecular complexity index is 946. The fraction of sp³-hybridized carbons (Fsp3) is 0.542. The van der Waals surface area contributed by atoms with Crippen LogP contribution < -0.4 is 10.6 Å². The molecule has 0 aliphatic heterocycles. The van der Waals surface area contributed by atoms with Crippen LogP contribution in [0.4, 0.5) is 4.79 Å². The van der Waals surface area contributed by atoms with E-state index in [-0.39, 0.29) is 12.6 Å². The second-order valence-corrected chi connectivity index (χ2v) is 8.91. The van der Waals surface area contributed by atoms with Crippen LogP contribution in [0.5, 0.6) is 0 Å². The molecule has 1 saturated carbocycles. The Kier molecular flexibility index (Phi) is 7.56. The highest BCUT2D eigenvalue weighted by atomic mass is 16.6. The topological polar surface area (TPSA) is 107 Å². The lowest BCUT2D eigenvalue weighted by molar-refractivity contribution is -0.122. The number of carbonyl (C=O) groups is 2. The van der Waals surface area contributed by atoms with Gasteiger partial charge in [0.25, 0.3) is 0 Å². The summed E-state index contributed by atoms with van der Waals surface area (Å²) in [7, 11) is 0. The molecular weight excluding hydrogens is 392 g/mol. The molecule has 0 bridgehead atoms. The van der Waals surface area contributed by atoms with Gasteiger partial charge in [0.2, 0.25) is 5.91 Å². The van der Waals surface area contributed by atoms with Gasteiger partial charge in [0.1, 0.15) is 18.7 Å². The predicted molar refractivity (Wildman–Crippen MR) is 119 cm³/mol. The minimum Gasteiger partial charge on any atom is -0.446 e. The Morgan fingerprint density at radius 1 is 1.29 bits per heavy atom. The van der Waals surface area contributed by atoms with Gasteiger partial charge in [-0.1, -0.05) is 45.4 Å². The van der Waals surface area contributed by atoms with E-state index in [1.807, 2.05) is 36.5 Å². The molecule has 1 aromatic heterocycles. The summed E-state index contributed by atoms with van der Waals surface area (Å²) in [5.41, 5.74) is 1.88. The first kappa shape index (κ1) is 22.7. The number of benzene rings is 1. The summed E-state index contributed by atoms with van der Waals surface area (Å²) in [5, 5.41) is 15.1. The van der Waals surface area contributed by atoms with Crippen LogP contribution in [0, 0.1) is 29.1 Å². The zero-order chi connectivity index (χ0) is 22.4. The monoisotopic (exact) mass is 424 g/mol. The zero-order valence-corrected chi connectivity index (χ0v) is 18.5. The molecule has 1 aliphatic rings. The van der Waals surface area contributed by atoms with Crippen LogP contribution in [0.3, 0.4) is 0 Å². The first-order valence-electron chi connectivity index (χ1n) is 11.1. The molecule has 1 aliphatic carbocycles. The Hall–Kier alpha value is -3.01. The van der Waals surface area contributed by atoms with Gasteiger partial charge in [0.05, 0.1) is 6.07 Å². The van der Waals surface area contributed by atoms with Crippen LogP contribution >= 0.6 is 0 Å². The van der Waals surface area contributed by atoms with E-state index in [9.17, 15) is 9.59 Å². The Balaban J connectivity index is 1.72. The first-order chi connectivity index (χ1) is 14.9. The molecule has 4 unspecified atom stereocenters. The summed E-state index contributed by atoms with van der Waals surface area (Å²) in [4.78, 5) is 28.6. The van der Waals surface area contributed by atoms with E-state index in [1.165, 1.54) is 0 Å². The third-order valence-electron chi connectivity index (χ3n) is 6.27. The maximum atomic E-state index is 12.8. The maximum Gasteiger partial charge on any atom is 0.408 e. The SMILES string of the molecule is CC1CCC(C(C)C)C(OC(=O)NC(Cc2c[nH]c3ccccc23)C(=O)NCC#N)C1. The minimum absolute atomic E-state index is 0.116. The fourth-order valence-electron chi connectivity index (χ4n) is 4.54. The van der Waals surface area contributed by atoms with Crippen molar-refractivity contribution in [2.45, 2.75) is 58.6 Å². The molecule has 7 heteroatoms.